The standard InChI is InChI=1S/C12H11ClF3NO2S/c1-8(4-5-13)20(18,19)10-3-2-9(7-17)11(6-10)12(14,15)16/h2-3,6,8H,4-5H2,1H3. The fourth-order valence-electron chi connectivity index (χ4n) is 1.57. The van der Waals surface area contributed by atoms with E-state index in [1.807, 2.05) is 0 Å². The monoisotopic (exact) mass is 325 g/mol. The molecule has 0 radical (unpaired) electrons. The van der Waals surface area contributed by atoms with Gasteiger partial charge in [-0.15, -0.1) is 11.6 Å². The first kappa shape index (κ1) is 16.8. The maximum Gasteiger partial charge on any atom is 0.417 e. The van der Waals surface area contributed by atoms with Crippen molar-refractivity contribution in [2.75, 3.05) is 5.88 Å². The number of hydrogen-bond acceptors (Lipinski definition) is 3. The summed E-state index contributed by atoms with van der Waals surface area (Å²) >= 11 is 5.45. The van der Waals surface area contributed by atoms with Crippen molar-refractivity contribution in [1.29, 1.82) is 5.26 Å². The van der Waals surface area contributed by atoms with Gasteiger partial charge in [-0.05, 0) is 31.5 Å². The van der Waals surface area contributed by atoms with Gasteiger partial charge in [0.05, 0.1) is 27.3 Å². The van der Waals surface area contributed by atoms with Crippen molar-refractivity contribution >= 4 is 21.4 Å². The average Bonchev–Trinajstić information content (AvgIpc) is 2.37. The molecule has 110 valence electrons. The van der Waals surface area contributed by atoms with E-state index in [2.05, 4.69) is 0 Å². The zero-order chi connectivity index (χ0) is 15.6. The molecule has 8 heteroatoms. The predicted octanol–water partition coefficient (Wildman–Crippen LogP) is 3.37. The Labute approximate surface area is 119 Å². The minimum atomic E-state index is -4.79. The van der Waals surface area contributed by atoms with Crippen molar-refractivity contribution in [2.45, 2.75) is 29.7 Å². The van der Waals surface area contributed by atoms with E-state index < -0.39 is 37.3 Å². The molecule has 0 fully saturated rings. The molecule has 0 saturated heterocycles. The third-order valence-corrected chi connectivity index (χ3v) is 5.22. The predicted molar refractivity (Wildman–Crippen MR) is 68.1 cm³/mol. The first-order valence-corrected chi connectivity index (χ1v) is 7.64. The van der Waals surface area contributed by atoms with Crippen LogP contribution in [-0.2, 0) is 16.0 Å². The van der Waals surface area contributed by atoms with E-state index in [0.717, 1.165) is 12.1 Å². The Morgan fingerprint density at radius 3 is 2.45 bits per heavy atom. The highest BCUT2D eigenvalue weighted by Gasteiger charge is 2.35. The molecular formula is C12H11ClF3NO2S. The Bertz CT molecular complexity index is 635. The second-order valence-corrected chi connectivity index (χ2v) is 6.89. The van der Waals surface area contributed by atoms with Crippen LogP contribution in [0.4, 0.5) is 13.2 Å². The van der Waals surface area contributed by atoms with Gasteiger partial charge in [0.15, 0.2) is 9.84 Å². The van der Waals surface area contributed by atoms with Crippen LogP contribution in [0.3, 0.4) is 0 Å². The summed E-state index contributed by atoms with van der Waals surface area (Å²) in [7, 11) is -3.90. The normalized spacial score (nSPS) is 13.8. The van der Waals surface area contributed by atoms with Crippen LogP contribution >= 0.6 is 11.6 Å². The second kappa shape index (κ2) is 6.02. The SMILES string of the molecule is CC(CCCl)S(=O)(=O)c1ccc(C#N)c(C(F)(F)F)c1. The summed E-state index contributed by atoms with van der Waals surface area (Å²) in [6.07, 6.45) is -4.66. The number of alkyl halides is 4. The molecule has 0 aliphatic carbocycles. The van der Waals surface area contributed by atoms with Gasteiger partial charge >= 0.3 is 6.18 Å². The summed E-state index contributed by atoms with van der Waals surface area (Å²) in [6.45, 7) is 1.38. The quantitative estimate of drug-likeness (QED) is 0.797. The fraction of sp³-hybridized carbons (Fsp3) is 0.417. The summed E-state index contributed by atoms with van der Waals surface area (Å²) < 4.78 is 62.5. The number of nitrogens with zero attached hydrogens (tertiary/aromatic N) is 1. The van der Waals surface area contributed by atoms with Crippen molar-refractivity contribution in [3.05, 3.63) is 29.3 Å². The van der Waals surface area contributed by atoms with Crippen LogP contribution in [0.25, 0.3) is 0 Å². The lowest BCUT2D eigenvalue weighted by Crippen LogP contribution is -2.19. The topological polar surface area (TPSA) is 57.9 Å². The summed E-state index contributed by atoms with van der Waals surface area (Å²) in [5.74, 6) is 0.0861. The van der Waals surface area contributed by atoms with E-state index in [-0.39, 0.29) is 12.3 Å². The molecule has 0 saturated carbocycles. The van der Waals surface area contributed by atoms with Gasteiger partial charge in [0.25, 0.3) is 0 Å². The molecule has 0 heterocycles. The molecule has 0 aliphatic rings. The van der Waals surface area contributed by atoms with Gasteiger partial charge in [-0.1, -0.05) is 0 Å². The average molecular weight is 326 g/mol. The highest BCUT2D eigenvalue weighted by Crippen LogP contribution is 2.34. The van der Waals surface area contributed by atoms with Crippen LogP contribution in [0.15, 0.2) is 23.1 Å². The molecule has 0 amide bonds. The molecule has 1 aromatic rings. The van der Waals surface area contributed by atoms with Crippen molar-refractivity contribution in [3.63, 3.8) is 0 Å². The molecule has 20 heavy (non-hydrogen) atoms. The van der Waals surface area contributed by atoms with Crippen molar-refractivity contribution in [1.82, 2.24) is 0 Å². The van der Waals surface area contributed by atoms with Crippen LogP contribution in [0.1, 0.15) is 24.5 Å². The molecule has 0 N–H and O–H groups in total. The molecule has 0 bridgehead atoms. The van der Waals surface area contributed by atoms with Gasteiger partial charge in [0, 0.05) is 5.88 Å². The molecule has 3 nitrogen and oxygen atoms in total. The zero-order valence-corrected chi connectivity index (χ0v) is 12.0. The summed E-state index contributed by atoms with van der Waals surface area (Å²) in [5.41, 5.74) is -1.86. The summed E-state index contributed by atoms with van der Waals surface area (Å²) in [6, 6.07) is 3.77. The summed E-state index contributed by atoms with van der Waals surface area (Å²) in [5, 5.41) is 7.76. The van der Waals surface area contributed by atoms with Crippen LogP contribution < -0.4 is 0 Å². The third kappa shape index (κ3) is 3.44. The van der Waals surface area contributed by atoms with E-state index >= 15 is 0 Å². The Morgan fingerprint density at radius 2 is 2.00 bits per heavy atom. The Hall–Kier alpha value is -1.26. The van der Waals surface area contributed by atoms with Gasteiger partial charge in [-0.3, -0.25) is 0 Å². The number of rotatable bonds is 4. The maximum atomic E-state index is 12.8. The molecule has 0 aromatic heterocycles. The first-order chi connectivity index (χ1) is 9.14. The minimum absolute atomic E-state index is 0.0861. The van der Waals surface area contributed by atoms with E-state index in [1.165, 1.54) is 13.0 Å². The van der Waals surface area contributed by atoms with Crippen LogP contribution in [0.2, 0.25) is 0 Å². The van der Waals surface area contributed by atoms with Gasteiger partial charge in [0.2, 0.25) is 0 Å². The van der Waals surface area contributed by atoms with Crippen molar-refractivity contribution in [3.8, 4) is 6.07 Å². The third-order valence-electron chi connectivity index (χ3n) is 2.79. The number of benzene rings is 1. The highest BCUT2D eigenvalue weighted by atomic mass is 35.5. The van der Waals surface area contributed by atoms with E-state index in [4.69, 9.17) is 16.9 Å². The number of halogens is 4. The largest absolute Gasteiger partial charge is 0.417 e. The Morgan fingerprint density at radius 1 is 1.40 bits per heavy atom. The lowest BCUT2D eigenvalue weighted by molar-refractivity contribution is -0.137. The van der Waals surface area contributed by atoms with Gasteiger partial charge in [0.1, 0.15) is 0 Å². The van der Waals surface area contributed by atoms with Crippen molar-refractivity contribution in [2.24, 2.45) is 0 Å². The van der Waals surface area contributed by atoms with Crippen molar-refractivity contribution < 1.29 is 21.6 Å². The fourth-order valence-corrected chi connectivity index (χ4v) is 3.46. The minimum Gasteiger partial charge on any atom is -0.223 e. The summed E-state index contributed by atoms with van der Waals surface area (Å²) in [4.78, 5) is -0.457. The van der Waals surface area contributed by atoms with E-state index in [1.54, 1.807) is 0 Å². The Balaban J connectivity index is 3.40. The smallest absolute Gasteiger partial charge is 0.223 e. The maximum absolute atomic E-state index is 12.8. The number of hydrogen-bond donors (Lipinski definition) is 0. The molecule has 1 rings (SSSR count). The van der Waals surface area contributed by atoms with E-state index in [9.17, 15) is 21.6 Å². The molecular weight excluding hydrogens is 315 g/mol. The van der Waals surface area contributed by atoms with Crippen LogP contribution in [-0.4, -0.2) is 19.5 Å². The van der Waals surface area contributed by atoms with Crippen LogP contribution in [0.5, 0.6) is 0 Å². The molecule has 0 spiro atoms. The number of nitriles is 1. The number of sulfone groups is 1. The Kier molecular flexibility index (Phi) is 5.05. The first-order valence-electron chi connectivity index (χ1n) is 5.55. The molecule has 1 atom stereocenters. The lowest BCUT2D eigenvalue weighted by atomic mass is 10.1. The molecule has 1 aromatic carbocycles. The van der Waals surface area contributed by atoms with Crippen LogP contribution in [0, 0.1) is 11.3 Å². The second-order valence-electron chi connectivity index (χ2n) is 4.15. The van der Waals surface area contributed by atoms with Gasteiger partial charge < -0.3 is 0 Å². The molecule has 1 unspecified atom stereocenters. The van der Waals surface area contributed by atoms with Gasteiger partial charge in [-0.2, -0.15) is 18.4 Å². The van der Waals surface area contributed by atoms with E-state index in [0.29, 0.717) is 6.07 Å². The lowest BCUT2D eigenvalue weighted by Gasteiger charge is -2.14. The molecule has 0 aliphatic heterocycles. The highest BCUT2D eigenvalue weighted by molar-refractivity contribution is 7.92. The zero-order valence-electron chi connectivity index (χ0n) is 10.4. The van der Waals surface area contributed by atoms with Gasteiger partial charge in [-0.25, -0.2) is 8.42 Å².